The molecule has 0 fully saturated rings. The van der Waals surface area contributed by atoms with Crippen LogP contribution in [0.5, 0.6) is 0 Å². The highest BCUT2D eigenvalue weighted by molar-refractivity contribution is 8.02. The molecule has 4 heteroatoms. The quantitative estimate of drug-likeness (QED) is 0.549. The molecular formula is C6H6N2OS. The minimum Gasteiger partial charge on any atom is -0.324 e. The molecule has 3 nitrogen and oxygen atoms in total. The Morgan fingerprint density at radius 1 is 1.60 bits per heavy atom. The van der Waals surface area contributed by atoms with E-state index in [1.54, 1.807) is 18.0 Å². The average Bonchev–Trinajstić information content (AvgIpc) is 2.33. The zero-order valence-electron chi connectivity index (χ0n) is 5.15. The Morgan fingerprint density at radius 3 is 3.40 bits per heavy atom. The number of rotatable bonds is 0. The van der Waals surface area contributed by atoms with Gasteiger partial charge in [0.05, 0.1) is 0 Å². The van der Waals surface area contributed by atoms with E-state index in [0.29, 0.717) is 0 Å². The van der Waals surface area contributed by atoms with Gasteiger partial charge in [-0.25, -0.2) is 0 Å². The van der Waals surface area contributed by atoms with Crippen molar-refractivity contribution in [3.8, 4) is 0 Å². The molecule has 0 bridgehead atoms. The summed E-state index contributed by atoms with van der Waals surface area (Å²) in [4.78, 5) is 12.7. The molecule has 0 spiro atoms. The van der Waals surface area contributed by atoms with Gasteiger partial charge in [-0.1, -0.05) is 11.8 Å². The third-order valence-electron chi connectivity index (χ3n) is 1.38. The van der Waals surface area contributed by atoms with Gasteiger partial charge in [0, 0.05) is 18.5 Å². The summed E-state index contributed by atoms with van der Waals surface area (Å²) in [6.45, 7) is 0. The number of thioether (sulfide) groups is 1. The molecule has 0 saturated carbocycles. The fraction of sp³-hybridized carbons (Fsp3) is 0.167. The average molecular weight is 154 g/mol. The molecule has 1 unspecified atom stereocenters. The zero-order chi connectivity index (χ0) is 6.97. The van der Waals surface area contributed by atoms with E-state index >= 15 is 0 Å². The van der Waals surface area contributed by atoms with Gasteiger partial charge in [-0.05, 0) is 5.41 Å². The molecule has 52 valence electrons. The lowest BCUT2D eigenvalue weighted by Gasteiger charge is -2.24. The molecule has 2 rings (SSSR count). The number of carbonyl (C=O) groups is 1. The molecule has 0 aromatic carbocycles. The molecule has 1 amide bonds. The van der Waals surface area contributed by atoms with Gasteiger partial charge in [0.15, 0.2) is 5.50 Å². The molecule has 10 heavy (non-hydrogen) atoms. The molecular weight excluding hydrogens is 148 g/mol. The van der Waals surface area contributed by atoms with Crippen LogP contribution >= 0.6 is 11.8 Å². The first-order valence-electron chi connectivity index (χ1n) is 2.94. The van der Waals surface area contributed by atoms with E-state index in [4.69, 9.17) is 0 Å². The van der Waals surface area contributed by atoms with Gasteiger partial charge in [0.1, 0.15) is 0 Å². The van der Waals surface area contributed by atoms with Crippen LogP contribution in [0.4, 0.5) is 0 Å². The molecule has 0 aromatic rings. The van der Waals surface area contributed by atoms with E-state index in [-0.39, 0.29) is 11.4 Å². The molecule has 1 N–H and O–H groups in total. The number of nitrogens with one attached hydrogen (secondary N) is 1. The number of carbonyl (C=O) groups excluding carboxylic acids is 1. The van der Waals surface area contributed by atoms with Gasteiger partial charge in [-0.2, -0.15) is 0 Å². The Morgan fingerprint density at radius 2 is 2.50 bits per heavy atom. The molecule has 0 aromatic heterocycles. The predicted octanol–water partition coefficient (Wildman–Crippen LogP) is 0.433. The third-order valence-corrected chi connectivity index (χ3v) is 2.27. The van der Waals surface area contributed by atoms with Crippen LogP contribution in [0.15, 0.2) is 23.9 Å². The lowest BCUT2D eigenvalue weighted by molar-refractivity contribution is -0.117. The molecule has 2 aliphatic rings. The van der Waals surface area contributed by atoms with Crippen molar-refractivity contribution in [2.45, 2.75) is 5.50 Å². The van der Waals surface area contributed by atoms with E-state index < -0.39 is 0 Å². The summed E-state index contributed by atoms with van der Waals surface area (Å²) in [5, 5.41) is 4.74. The highest BCUT2D eigenvalue weighted by atomic mass is 32.2. The number of amides is 1. The molecule has 0 saturated heterocycles. The van der Waals surface area contributed by atoms with Gasteiger partial charge in [0.25, 0.3) is 0 Å². The summed E-state index contributed by atoms with van der Waals surface area (Å²) >= 11 is 1.59. The summed E-state index contributed by atoms with van der Waals surface area (Å²) < 4.78 is 0. The maximum Gasteiger partial charge on any atom is 0.247 e. The SMILES string of the molecule is O=C1C=CN2C=CSC2N1. The lowest BCUT2D eigenvalue weighted by atomic mass is 10.5. The van der Waals surface area contributed by atoms with Gasteiger partial charge < -0.3 is 10.2 Å². The van der Waals surface area contributed by atoms with E-state index in [9.17, 15) is 4.79 Å². The standard InChI is InChI=1S/C6H6N2OS/c9-5-1-2-8-3-4-10-6(8)7-5/h1-4,6H,(H,7,9). The van der Waals surface area contributed by atoms with Crippen LogP contribution in [0, 0.1) is 0 Å². The van der Waals surface area contributed by atoms with Gasteiger partial charge in [-0.15, -0.1) is 0 Å². The largest absolute Gasteiger partial charge is 0.324 e. The third kappa shape index (κ3) is 0.806. The minimum atomic E-state index is -0.0162. The van der Waals surface area contributed by atoms with Crippen molar-refractivity contribution in [2.24, 2.45) is 0 Å². The fourth-order valence-electron chi connectivity index (χ4n) is 0.888. The molecule has 2 aliphatic heterocycles. The first-order valence-corrected chi connectivity index (χ1v) is 3.89. The number of fused-ring (bicyclic) bond motifs is 1. The van der Waals surface area contributed by atoms with Crippen molar-refractivity contribution in [1.29, 1.82) is 0 Å². The van der Waals surface area contributed by atoms with E-state index in [0.717, 1.165) is 0 Å². The highest BCUT2D eigenvalue weighted by Gasteiger charge is 2.22. The Labute approximate surface area is 62.8 Å². The number of nitrogens with zero attached hydrogens (tertiary/aromatic N) is 1. The fourth-order valence-corrected chi connectivity index (χ4v) is 1.71. The Bertz CT molecular complexity index is 224. The number of hydrogen-bond donors (Lipinski definition) is 1. The van der Waals surface area contributed by atoms with Crippen molar-refractivity contribution in [2.75, 3.05) is 0 Å². The lowest BCUT2D eigenvalue weighted by Crippen LogP contribution is -2.41. The second-order valence-corrected chi connectivity index (χ2v) is 3.04. The predicted molar refractivity (Wildman–Crippen MR) is 39.6 cm³/mol. The second-order valence-electron chi connectivity index (χ2n) is 2.05. The molecule has 0 aliphatic carbocycles. The minimum absolute atomic E-state index is 0.0162. The van der Waals surface area contributed by atoms with Gasteiger partial charge in [-0.3, -0.25) is 4.79 Å². The van der Waals surface area contributed by atoms with Crippen LogP contribution in [-0.4, -0.2) is 16.3 Å². The number of hydrogen-bond acceptors (Lipinski definition) is 3. The van der Waals surface area contributed by atoms with Crippen molar-refractivity contribution in [3.63, 3.8) is 0 Å². The normalized spacial score (nSPS) is 28.6. The summed E-state index contributed by atoms with van der Waals surface area (Å²) in [5.41, 5.74) is 0.0949. The zero-order valence-corrected chi connectivity index (χ0v) is 5.97. The molecule has 2 heterocycles. The Balaban J connectivity index is 2.21. The van der Waals surface area contributed by atoms with Crippen LogP contribution < -0.4 is 5.32 Å². The van der Waals surface area contributed by atoms with Crippen molar-refractivity contribution in [3.05, 3.63) is 23.9 Å². The van der Waals surface area contributed by atoms with E-state index in [1.807, 2.05) is 16.5 Å². The van der Waals surface area contributed by atoms with Crippen molar-refractivity contribution in [1.82, 2.24) is 10.2 Å². The Hall–Kier alpha value is -0.900. The summed E-state index contributed by atoms with van der Waals surface area (Å²) in [7, 11) is 0. The Kier molecular flexibility index (Phi) is 1.20. The molecule has 0 radical (unpaired) electrons. The van der Waals surface area contributed by atoms with Crippen LogP contribution in [0.25, 0.3) is 0 Å². The van der Waals surface area contributed by atoms with Crippen LogP contribution in [0.2, 0.25) is 0 Å². The molecule has 1 atom stereocenters. The summed E-state index contributed by atoms with van der Waals surface area (Å²) in [6.07, 6.45) is 5.23. The summed E-state index contributed by atoms with van der Waals surface area (Å²) in [5.74, 6) is -0.0162. The monoisotopic (exact) mass is 154 g/mol. The van der Waals surface area contributed by atoms with E-state index in [2.05, 4.69) is 5.32 Å². The van der Waals surface area contributed by atoms with Crippen LogP contribution in [0.3, 0.4) is 0 Å². The van der Waals surface area contributed by atoms with Crippen LogP contribution in [0.1, 0.15) is 0 Å². The summed E-state index contributed by atoms with van der Waals surface area (Å²) in [6, 6.07) is 0. The smallest absolute Gasteiger partial charge is 0.247 e. The maximum absolute atomic E-state index is 10.7. The highest BCUT2D eigenvalue weighted by Crippen LogP contribution is 2.24. The second kappa shape index (κ2) is 2.05. The van der Waals surface area contributed by atoms with Crippen molar-refractivity contribution >= 4 is 17.7 Å². The topological polar surface area (TPSA) is 32.3 Å². The van der Waals surface area contributed by atoms with Gasteiger partial charge in [0.2, 0.25) is 5.91 Å². The van der Waals surface area contributed by atoms with Crippen molar-refractivity contribution < 1.29 is 4.79 Å². The van der Waals surface area contributed by atoms with E-state index in [1.165, 1.54) is 6.08 Å². The first kappa shape index (κ1) is 5.85. The first-order chi connectivity index (χ1) is 4.86. The van der Waals surface area contributed by atoms with Gasteiger partial charge >= 0.3 is 0 Å². The van der Waals surface area contributed by atoms with Crippen LogP contribution in [-0.2, 0) is 4.79 Å². The maximum atomic E-state index is 10.7.